The molecule has 0 radical (unpaired) electrons. The maximum Gasteiger partial charge on any atom is 0.289 e. The minimum Gasteiger partial charge on any atom is -0.273 e. The molecule has 1 aromatic carbocycles. The highest BCUT2D eigenvalue weighted by Crippen LogP contribution is 2.26. The number of amides is 2. The zero-order valence-electron chi connectivity index (χ0n) is 10.3. The Balaban J connectivity index is 2.21. The molecule has 0 aliphatic carbocycles. The van der Waals surface area contributed by atoms with E-state index in [-0.39, 0.29) is 22.9 Å². The summed E-state index contributed by atoms with van der Waals surface area (Å²) in [4.78, 5) is 24.9. The van der Waals surface area contributed by atoms with E-state index in [0.29, 0.717) is 6.42 Å². The Labute approximate surface area is 111 Å². The van der Waals surface area contributed by atoms with Crippen LogP contribution in [0.15, 0.2) is 42.5 Å². The van der Waals surface area contributed by atoms with E-state index >= 15 is 0 Å². The van der Waals surface area contributed by atoms with Gasteiger partial charge in [-0.15, -0.1) is 0 Å². The molecule has 4 heteroatoms. The molecule has 1 aliphatic heterocycles. The Morgan fingerprint density at radius 2 is 2.06 bits per heavy atom. The van der Waals surface area contributed by atoms with Gasteiger partial charge in [0.1, 0.15) is 0 Å². The fraction of sp³-hybridized carbons (Fsp3) is 0.286. The Bertz CT molecular complexity index is 468. The number of imide groups is 1. The fourth-order valence-corrected chi connectivity index (χ4v) is 2.74. The van der Waals surface area contributed by atoms with E-state index < -0.39 is 0 Å². The van der Waals surface area contributed by atoms with Crippen LogP contribution in [0, 0.1) is 0 Å². The lowest BCUT2D eigenvalue weighted by atomic mass is 9.99. The Morgan fingerprint density at radius 1 is 1.39 bits per heavy atom. The van der Waals surface area contributed by atoms with Gasteiger partial charge in [-0.25, -0.2) is 0 Å². The molecular formula is C14H15NO2S. The molecule has 0 bridgehead atoms. The van der Waals surface area contributed by atoms with E-state index in [4.69, 9.17) is 0 Å². The summed E-state index contributed by atoms with van der Waals surface area (Å²) < 4.78 is 0. The summed E-state index contributed by atoms with van der Waals surface area (Å²) in [5, 5.41) is -0.163. The number of nitrogens with zero attached hydrogens (tertiary/aromatic N) is 1. The lowest BCUT2D eigenvalue weighted by Crippen LogP contribution is -2.41. The summed E-state index contributed by atoms with van der Waals surface area (Å²) in [6, 6.07) is 9.60. The number of hydrogen-bond acceptors (Lipinski definition) is 3. The van der Waals surface area contributed by atoms with Gasteiger partial charge in [-0.05, 0) is 18.9 Å². The van der Waals surface area contributed by atoms with Gasteiger partial charge < -0.3 is 0 Å². The zero-order valence-corrected chi connectivity index (χ0v) is 11.1. The van der Waals surface area contributed by atoms with Gasteiger partial charge in [0.05, 0.1) is 11.8 Å². The molecule has 0 N–H and O–H groups in total. The van der Waals surface area contributed by atoms with Gasteiger partial charge in [0.2, 0.25) is 5.91 Å². The van der Waals surface area contributed by atoms with E-state index in [1.54, 1.807) is 0 Å². The van der Waals surface area contributed by atoms with E-state index in [2.05, 4.69) is 6.58 Å². The Kier molecular flexibility index (Phi) is 3.87. The van der Waals surface area contributed by atoms with Crippen LogP contribution >= 0.6 is 11.8 Å². The molecule has 18 heavy (non-hydrogen) atoms. The first-order valence-electron chi connectivity index (χ1n) is 5.77. The van der Waals surface area contributed by atoms with Crippen molar-refractivity contribution in [1.29, 1.82) is 0 Å². The van der Waals surface area contributed by atoms with Crippen LogP contribution in [0.2, 0.25) is 0 Å². The van der Waals surface area contributed by atoms with Crippen molar-refractivity contribution in [3.05, 3.63) is 48.0 Å². The quantitative estimate of drug-likeness (QED) is 0.782. The lowest BCUT2D eigenvalue weighted by Gasteiger charge is -2.26. The Morgan fingerprint density at radius 3 is 2.56 bits per heavy atom. The number of carbonyl (C=O) groups excluding carboxylic acids is 2. The lowest BCUT2D eigenvalue weighted by molar-refractivity contribution is -0.125. The van der Waals surface area contributed by atoms with Gasteiger partial charge in [-0.2, -0.15) is 0 Å². The van der Waals surface area contributed by atoms with E-state index in [1.165, 1.54) is 4.90 Å². The number of hydrogen-bond donors (Lipinski definition) is 0. The topological polar surface area (TPSA) is 37.4 Å². The van der Waals surface area contributed by atoms with Gasteiger partial charge in [0.15, 0.2) is 0 Å². The fourth-order valence-electron chi connectivity index (χ4n) is 1.99. The zero-order chi connectivity index (χ0) is 13.1. The van der Waals surface area contributed by atoms with Crippen molar-refractivity contribution < 1.29 is 9.59 Å². The van der Waals surface area contributed by atoms with Crippen LogP contribution in [-0.4, -0.2) is 27.8 Å². The molecular weight excluding hydrogens is 246 g/mol. The first kappa shape index (κ1) is 12.9. The largest absolute Gasteiger partial charge is 0.289 e. The van der Waals surface area contributed by atoms with Gasteiger partial charge in [-0.3, -0.25) is 14.5 Å². The third kappa shape index (κ3) is 2.64. The molecule has 1 aliphatic rings. The maximum absolute atomic E-state index is 11.8. The third-order valence-electron chi connectivity index (χ3n) is 2.94. The second-order valence-corrected chi connectivity index (χ2v) is 5.30. The van der Waals surface area contributed by atoms with Gasteiger partial charge >= 0.3 is 0 Å². The predicted octanol–water partition coefficient (Wildman–Crippen LogP) is 2.87. The monoisotopic (exact) mass is 261 g/mol. The minimum absolute atomic E-state index is 0.117. The van der Waals surface area contributed by atoms with Crippen LogP contribution in [-0.2, 0) is 11.2 Å². The first-order chi connectivity index (χ1) is 8.59. The normalized spacial score (nSPS) is 17.1. The molecule has 1 saturated heterocycles. The van der Waals surface area contributed by atoms with Gasteiger partial charge in [-0.1, -0.05) is 54.2 Å². The van der Waals surface area contributed by atoms with Crippen LogP contribution in [0.5, 0.6) is 0 Å². The summed E-state index contributed by atoms with van der Waals surface area (Å²) in [7, 11) is 0. The number of carbonyl (C=O) groups is 2. The van der Waals surface area contributed by atoms with Crippen LogP contribution in [0.3, 0.4) is 0 Å². The smallest absolute Gasteiger partial charge is 0.273 e. The van der Waals surface area contributed by atoms with Crippen LogP contribution in [0.1, 0.15) is 12.5 Å². The summed E-state index contributed by atoms with van der Waals surface area (Å²) in [5.74, 6) is 0.131. The maximum atomic E-state index is 11.8. The predicted molar refractivity (Wildman–Crippen MR) is 73.4 cm³/mol. The molecule has 1 atom stereocenters. The molecule has 1 aromatic rings. The number of benzene rings is 1. The van der Waals surface area contributed by atoms with Crippen LogP contribution in [0.4, 0.5) is 4.79 Å². The molecule has 0 unspecified atom stereocenters. The van der Waals surface area contributed by atoms with Crippen molar-refractivity contribution in [1.82, 2.24) is 4.90 Å². The second-order valence-electron chi connectivity index (χ2n) is 4.37. The molecule has 0 spiro atoms. The molecule has 1 heterocycles. The molecule has 2 amide bonds. The van der Waals surface area contributed by atoms with Crippen molar-refractivity contribution in [3.8, 4) is 0 Å². The van der Waals surface area contributed by atoms with Crippen molar-refractivity contribution in [3.63, 3.8) is 0 Å². The molecule has 94 valence electrons. The Hall–Kier alpha value is -1.55. The van der Waals surface area contributed by atoms with Gasteiger partial charge in [0, 0.05) is 0 Å². The van der Waals surface area contributed by atoms with Crippen LogP contribution in [0.25, 0.3) is 0 Å². The first-order valence-corrected chi connectivity index (χ1v) is 6.76. The SMILES string of the molecule is C=C(C)[C@H](Cc1ccccc1)N1C(=O)CSC1=O. The molecule has 0 saturated carbocycles. The molecule has 3 nitrogen and oxygen atoms in total. The third-order valence-corrected chi connectivity index (χ3v) is 3.77. The second kappa shape index (κ2) is 5.40. The van der Waals surface area contributed by atoms with Crippen molar-refractivity contribution in [2.45, 2.75) is 19.4 Å². The van der Waals surface area contributed by atoms with E-state index in [0.717, 1.165) is 22.9 Å². The average molecular weight is 261 g/mol. The summed E-state index contributed by atoms with van der Waals surface area (Å²) >= 11 is 1.07. The van der Waals surface area contributed by atoms with E-state index in [1.807, 2.05) is 37.3 Å². The van der Waals surface area contributed by atoms with Gasteiger partial charge in [0.25, 0.3) is 5.24 Å². The van der Waals surface area contributed by atoms with Crippen LogP contribution < -0.4 is 0 Å². The molecule has 0 aromatic heterocycles. The summed E-state index contributed by atoms with van der Waals surface area (Å²) in [6.45, 7) is 5.77. The highest BCUT2D eigenvalue weighted by Gasteiger charge is 2.36. The van der Waals surface area contributed by atoms with Crippen molar-refractivity contribution >= 4 is 22.9 Å². The van der Waals surface area contributed by atoms with E-state index in [9.17, 15) is 9.59 Å². The summed E-state index contributed by atoms with van der Waals surface area (Å²) in [5.41, 5.74) is 1.94. The minimum atomic E-state index is -0.234. The standard InChI is InChI=1S/C14H15NO2S/c1-10(2)12(8-11-6-4-3-5-7-11)15-13(16)9-18-14(15)17/h3-7,12H,1,8-9H2,2H3/t12-/m0/s1. The highest BCUT2D eigenvalue weighted by molar-refractivity contribution is 8.14. The molecule has 1 fully saturated rings. The number of thioether (sulfide) groups is 1. The molecule has 2 rings (SSSR count). The average Bonchev–Trinajstić information content (AvgIpc) is 2.67. The number of rotatable bonds is 4. The summed E-state index contributed by atoms with van der Waals surface area (Å²) in [6.07, 6.45) is 0.633. The van der Waals surface area contributed by atoms with Crippen molar-refractivity contribution in [2.75, 3.05) is 5.75 Å². The highest BCUT2D eigenvalue weighted by atomic mass is 32.2. The van der Waals surface area contributed by atoms with Crippen molar-refractivity contribution in [2.24, 2.45) is 0 Å².